The summed E-state index contributed by atoms with van der Waals surface area (Å²) in [5.41, 5.74) is 6.73. The van der Waals surface area contributed by atoms with Crippen LogP contribution in [0.15, 0.2) is 22.7 Å². The summed E-state index contributed by atoms with van der Waals surface area (Å²) in [4.78, 5) is 0. The van der Waals surface area contributed by atoms with Crippen molar-refractivity contribution >= 4 is 15.9 Å². The maximum absolute atomic E-state index is 5.77. The third-order valence-electron chi connectivity index (χ3n) is 2.88. The Hall–Kier alpha value is -0.540. The molecule has 0 fully saturated rings. The molecule has 0 aliphatic heterocycles. The predicted octanol–water partition coefficient (Wildman–Crippen LogP) is 3.72. The molecule has 0 unspecified atom stereocenters. The van der Waals surface area contributed by atoms with Gasteiger partial charge in [0.2, 0.25) is 0 Å². The average molecular weight is 286 g/mol. The van der Waals surface area contributed by atoms with Crippen molar-refractivity contribution in [2.24, 2.45) is 11.7 Å². The summed E-state index contributed by atoms with van der Waals surface area (Å²) in [6, 6.07) is 5.97. The molecular formula is C13H20BrNO. The van der Waals surface area contributed by atoms with Gasteiger partial charge in [0.05, 0.1) is 6.61 Å². The van der Waals surface area contributed by atoms with Crippen LogP contribution in [0.4, 0.5) is 0 Å². The predicted molar refractivity (Wildman–Crippen MR) is 71.6 cm³/mol. The van der Waals surface area contributed by atoms with E-state index in [9.17, 15) is 0 Å². The quantitative estimate of drug-likeness (QED) is 0.865. The molecule has 0 heterocycles. The van der Waals surface area contributed by atoms with Gasteiger partial charge in [-0.15, -0.1) is 0 Å². The van der Waals surface area contributed by atoms with E-state index >= 15 is 0 Å². The Morgan fingerprint density at radius 2 is 2.00 bits per heavy atom. The van der Waals surface area contributed by atoms with Crippen LogP contribution in [0.2, 0.25) is 0 Å². The van der Waals surface area contributed by atoms with Crippen molar-refractivity contribution in [2.75, 3.05) is 6.61 Å². The Morgan fingerprint density at radius 1 is 1.31 bits per heavy atom. The highest BCUT2D eigenvalue weighted by molar-refractivity contribution is 9.10. The first-order chi connectivity index (χ1) is 7.71. The van der Waals surface area contributed by atoms with Crippen LogP contribution >= 0.6 is 15.9 Å². The number of rotatable bonds is 6. The number of hydrogen-bond donors (Lipinski definition) is 1. The molecule has 0 radical (unpaired) electrons. The fraction of sp³-hybridized carbons (Fsp3) is 0.538. The molecule has 0 atom stereocenters. The first-order valence-corrected chi connectivity index (χ1v) is 6.61. The van der Waals surface area contributed by atoms with Crippen LogP contribution in [0.3, 0.4) is 0 Å². The van der Waals surface area contributed by atoms with Gasteiger partial charge in [0.15, 0.2) is 0 Å². The lowest BCUT2D eigenvalue weighted by atomic mass is 10.1. The molecular weight excluding hydrogens is 266 g/mol. The molecule has 0 bridgehead atoms. The summed E-state index contributed by atoms with van der Waals surface area (Å²) in [6.07, 6.45) is 2.33. The summed E-state index contributed by atoms with van der Waals surface area (Å²) in [5.74, 6) is 1.56. The van der Waals surface area contributed by atoms with E-state index in [-0.39, 0.29) is 0 Å². The highest BCUT2D eigenvalue weighted by atomic mass is 79.9. The highest BCUT2D eigenvalue weighted by Gasteiger charge is 2.05. The van der Waals surface area contributed by atoms with Gasteiger partial charge in [-0.2, -0.15) is 0 Å². The van der Waals surface area contributed by atoms with E-state index in [1.54, 1.807) is 0 Å². The molecule has 1 aromatic carbocycles. The minimum atomic E-state index is 0.531. The normalized spacial score (nSPS) is 10.8. The fourth-order valence-electron chi connectivity index (χ4n) is 1.54. The SMILES string of the molecule is CCC(CC)COc1ccc(Br)c(CN)c1. The lowest BCUT2D eigenvalue weighted by Crippen LogP contribution is -2.10. The minimum absolute atomic E-state index is 0.531. The first kappa shape index (κ1) is 13.5. The standard InChI is InChI=1S/C13H20BrNO/c1-3-10(4-2)9-16-12-5-6-13(14)11(7-12)8-15/h5-7,10H,3-4,8-9,15H2,1-2H3. The Bertz CT molecular complexity index is 324. The van der Waals surface area contributed by atoms with E-state index in [2.05, 4.69) is 29.8 Å². The molecule has 0 aliphatic rings. The fourth-order valence-corrected chi connectivity index (χ4v) is 1.94. The van der Waals surface area contributed by atoms with E-state index in [1.165, 1.54) is 0 Å². The number of ether oxygens (including phenoxy) is 1. The maximum Gasteiger partial charge on any atom is 0.119 e. The van der Waals surface area contributed by atoms with Gasteiger partial charge < -0.3 is 10.5 Å². The van der Waals surface area contributed by atoms with Crippen LogP contribution < -0.4 is 10.5 Å². The van der Waals surface area contributed by atoms with Crippen molar-refractivity contribution in [3.8, 4) is 5.75 Å². The molecule has 0 saturated carbocycles. The molecule has 0 aliphatic carbocycles. The third-order valence-corrected chi connectivity index (χ3v) is 3.65. The lowest BCUT2D eigenvalue weighted by molar-refractivity contribution is 0.240. The maximum atomic E-state index is 5.77. The van der Waals surface area contributed by atoms with Crippen molar-refractivity contribution in [2.45, 2.75) is 33.2 Å². The van der Waals surface area contributed by atoms with Crippen molar-refractivity contribution in [3.05, 3.63) is 28.2 Å². The Kier molecular flexibility index (Phi) is 5.85. The lowest BCUT2D eigenvalue weighted by Gasteiger charge is -2.14. The van der Waals surface area contributed by atoms with Gasteiger partial charge >= 0.3 is 0 Å². The minimum Gasteiger partial charge on any atom is -0.493 e. The molecule has 2 N–H and O–H groups in total. The third kappa shape index (κ3) is 3.80. The van der Waals surface area contributed by atoms with Gasteiger partial charge in [-0.25, -0.2) is 0 Å². The number of hydrogen-bond acceptors (Lipinski definition) is 2. The van der Waals surface area contributed by atoms with E-state index in [1.807, 2.05) is 18.2 Å². The van der Waals surface area contributed by atoms with Crippen LogP contribution in [-0.4, -0.2) is 6.61 Å². The number of nitrogens with two attached hydrogens (primary N) is 1. The van der Waals surface area contributed by atoms with E-state index < -0.39 is 0 Å². The van der Waals surface area contributed by atoms with Gasteiger partial charge in [-0.3, -0.25) is 0 Å². The van der Waals surface area contributed by atoms with Crippen molar-refractivity contribution in [1.82, 2.24) is 0 Å². The van der Waals surface area contributed by atoms with E-state index in [0.29, 0.717) is 12.5 Å². The van der Waals surface area contributed by atoms with Crippen LogP contribution in [0.1, 0.15) is 32.3 Å². The molecule has 1 aromatic rings. The van der Waals surface area contributed by atoms with Crippen LogP contribution in [0.5, 0.6) is 5.75 Å². The molecule has 2 nitrogen and oxygen atoms in total. The van der Waals surface area contributed by atoms with Gasteiger partial charge in [0, 0.05) is 11.0 Å². The van der Waals surface area contributed by atoms with Gasteiger partial charge in [-0.05, 0) is 29.7 Å². The summed E-state index contributed by atoms with van der Waals surface area (Å²) in [6.45, 7) is 5.72. The van der Waals surface area contributed by atoms with E-state index in [4.69, 9.17) is 10.5 Å². The smallest absolute Gasteiger partial charge is 0.119 e. The topological polar surface area (TPSA) is 35.2 Å². The molecule has 0 amide bonds. The average Bonchev–Trinajstić information content (AvgIpc) is 2.32. The summed E-state index contributed by atoms with van der Waals surface area (Å²) < 4.78 is 6.82. The second-order valence-corrected chi connectivity index (χ2v) is 4.81. The highest BCUT2D eigenvalue weighted by Crippen LogP contribution is 2.23. The second kappa shape index (κ2) is 6.92. The molecule has 16 heavy (non-hydrogen) atoms. The molecule has 0 aromatic heterocycles. The van der Waals surface area contributed by atoms with Crippen molar-refractivity contribution in [3.63, 3.8) is 0 Å². The summed E-state index contributed by atoms with van der Waals surface area (Å²) in [7, 11) is 0. The Labute approximate surface area is 106 Å². The first-order valence-electron chi connectivity index (χ1n) is 5.82. The monoisotopic (exact) mass is 285 g/mol. The van der Waals surface area contributed by atoms with Gasteiger partial charge in [0.25, 0.3) is 0 Å². The Balaban J connectivity index is 2.60. The van der Waals surface area contributed by atoms with Gasteiger partial charge in [-0.1, -0.05) is 42.6 Å². The number of benzene rings is 1. The molecule has 0 spiro atoms. The van der Waals surface area contributed by atoms with Crippen LogP contribution in [0.25, 0.3) is 0 Å². The summed E-state index contributed by atoms with van der Waals surface area (Å²) >= 11 is 3.46. The van der Waals surface area contributed by atoms with Crippen LogP contribution in [-0.2, 0) is 6.54 Å². The molecule has 90 valence electrons. The summed E-state index contributed by atoms with van der Waals surface area (Å²) in [5, 5.41) is 0. The van der Waals surface area contributed by atoms with Crippen molar-refractivity contribution in [1.29, 1.82) is 0 Å². The van der Waals surface area contributed by atoms with Crippen molar-refractivity contribution < 1.29 is 4.74 Å². The molecule has 3 heteroatoms. The van der Waals surface area contributed by atoms with Gasteiger partial charge in [0.1, 0.15) is 5.75 Å². The van der Waals surface area contributed by atoms with E-state index in [0.717, 1.165) is 35.2 Å². The molecule has 1 rings (SSSR count). The second-order valence-electron chi connectivity index (χ2n) is 3.95. The zero-order valence-corrected chi connectivity index (χ0v) is 11.6. The van der Waals surface area contributed by atoms with Crippen LogP contribution in [0, 0.1) is 5.92 Å². The number of halogens is 1. The zero-order chi connectivity index (χ0) is 12.0. The molecule has 0 saturated heterocycles. The largest absolute Gasteiger partial charge is 0.493 e. The zero-order valence-electron chi connectivity index (χ0n) is 10.0. The Morgan fingerprint density at radius 3 is 2.56 bits per heavy atom.